The van der Waals surface area contributed by atoms with E-state index in [-0.39, 0.29) is 16.5 Å². The average molecular weight is 386 g/mol. The Morgan fingerprint density at radius 1 is 1.04 bits per heavy atom. The summed E-state index contributed by atoms with van der Waals surface area (Å²) >= 11 is 0. The molecule has 0 fully saturated rings. The van der Waals surface area contributed by atoms with Gasteiger partial charge < -0.3 is 4.43 Å². The molecule has 0 aliphatic heterocycles. The van der Waals surface area contributed by atoms with Gasteiger partial charge in [-0.3, -0.25) is 0 Å². The minimum absolute atomic E-state index is 0.0886. The lowest BCUT2D eigenvalue weighted by molar-refractivity contribution is 0.180. The highest BCUT2D eigenvalue weighted by Gasteiger charge is 2.39. The number of hydrogen-bond acceptors (Lipinski definition) is 3. The van der Waals surface area contributed by atoms with Crippen LogP contribution >= 0.6 is 0 Å². The van der Waals surface area contributed by atoms with Crippen LogP contribution in [0.15, 0.2) is 29.2 Å². The molecule has 1 rings (SSSR count). The van der Waals surface area contributed by atoms with E-state index < -0.39 is 18.3 Å². The predicted molar refractivity (Wildman–Crippen MR) is 108 cm³/mol. The molecule has 4 nitrogen and oxygen atoms in total. The van der Waals surface area contributed by atoms with Crippen molar-refractivity contribution < 1.29 is 12.8 Å². The molecule has 1 aromatic carbocycles. The Labute approximate surface area is 155 Å². The molecule has 6 heteroatoms. The molecule has 1 aromatic rings. The summed E-state index contributed by atoms with van der Waals surface area (Å²) < 4.78 is 34.7. The van der Waals surface area contributed by atoms with E-state index in [2.05, 4.69) is 38.6 Å². The van der Waals surface area contributed by atoms with Crippen molar-refractivity contribution >= 4 is 18.3 Å². The van der Waals surface area contributed by atoms with E-state index in [0.717, 1.165) is 5.56 Å². The van der Waals surface area contributed by atoms with Gasteiger partial charge in [0.2, 0.25) is 10.0 Å². The fraction of sp³-hybridized carbons (Fsp3) is 0.684. The normalized spacial score (nSPS) is 15.2. The molecule has 0 aromatic heterocycles. The van der Waals surface area contributed by atoms with Crippen molar-refractivity contribution in [2.45, 2.75) is 77.5 Å². The molecule has 0 amide bonds. The van der Waals surface area contributed by atoms with Gasteiger partial charge in [0.1, 0.15) is 0 Å². The van der Waals surface area contributed by atoms with Crippen molar-refractivity contribution in [1.82, 2.24) is 4.72 Å². The van der Waals surface area contributed by atoms with Crippen molar-refractivity contribution in [3.8, 4) is 0 Å². The van der Waals surface area contributed by atoms with Gasteiger partial charge >= 0.3 is 0 Å². The molecular formula is C19H35NO3SSi. The third-order valence-corrected chi connectivity index (χ3v) is 11.1. The zero-order valence-electron chi connectivity index (χ0n) is 17.2. The molecule has 0 saturated heterocycles. The zero-order chi connectivity index (χ0) is 19.7. The minimum Gasteiger partial charge on any atom is -0.415 e. The Bertz CT molecular complexity index is 668. The summed E-state index contributed by atoms with van der Waals surface area (Å²) in [7, 11) is -5.52. The van der Waals surface area contributed by atoms with Crippen molar-refractivity contribution in [2.24, 2.45) is 5.41 Å². The molecule has 0 saturated carbocycles. The molecular weight excluding hydrogens is 350 g/mol. The fourth-order valence-corrected chi connectivity index (χ4v) is 4.38. The second-order valence-corrected chi connectivity index (χ2v) is 15.9. The van der Waals surface area contributed by atoms with Crippen molar-refractivity contribution in [1.29, 1.82) is 0 Å². The Balaban J connectivity index is 2.99. The second-order valence-electron chi connectivity index (χ2n) is 9.42. The van der Waals surface area contributed by atoms with E-state index in [1.54, 1.807) is 12.1 Å². The minimum atomic E-state index is -3.58. The van der Waals surface area contributed by atoms with Crippen LogP contribution in [0.25, 0.3) is 0 Å². The molecule has 1 N–H and O–H groups in total. The van der Waals surface area contributed by atoms with Crippen LogP contribution in [0.2, 0.25) is 18.1 Å². The van der Waals surface area contributed by atoms with Gasteiger partial charge in [-0.1, -0.05) is 59.2 Å². The number of hydrogen-bond donors (Lipinski definition) is 1. The topological polar surface area (TPSA) is 55.4 Å². The van der Waals surface area contributed by atoms with Crippen LogP contribution in [0.3, 0.4) is 0 Å². The molecule has 25 heavy (non-hydrogen) atoms. The van der Waals surface area contributed by atoms with Gasteiger partial charge in [-0.05, 0) is 42.6 Å². The van der Waals surface area contributed by atoms with Gasteiger partial charge in [0.15, 0.2) is 8.32 Å². The van der Waals surface area contributed by atoms with Crippen LogP contribution in [0.4, 0.5) is 0 Å². The zero-order valence-corrected chi connectivity index (χ0v) is 19.0. The monoisotopic (exact) mass is 385 g/mol. The van der Waals surface area contributed by atoms with Crippen LogP contribution in [0.1, 0.15) is 47.1 Å². The standard InChI is InChI=1S/C19H35NO3SSi/c1-15-10-12-16(13-11-15)24(21,22)20-17(18(2,3)4)14-23-25(8,9)19(5,6)7/h10-13,17,20H,14H2,1-9H3/t17-/m1/s1. The first kappa shape index (κ1) is 22.3. The van der Waals surface area contributed by atoms with Gasteiger partial charge in [-0.25, -0.2) is 13.1 Å². The maximum atomic E-state index is 12.8. The summed E-state index contributed by atoms with van der Waals surface area (Å²) in [5, 5.41) is 0.0886. The largest absolute Gasteiger partial charge is 0.415 e. The lowest BCUT2D eigenvalue weighted by Gasteiger charge is -2.39. The summed E-state index contributed by atoms with van der Waals surface area (Å²) in [5.74, 6) is 0. The first-order valence-corrected chi connectivity index (χ1v) is 13.2. The lowest BCUT2D eigenvalue weighted by atomic mass is 9.88. The first-order chi connectivity index (χ1) is 11.1. The molecule has 0 bridgehead atoms. The third-order valence-electron chi connectivity index (χ3n) is 5.09. The third kappa shape index (κ3) is 6.20. The van der Waals surface area contributed by atoms with Crippen LogP contribution in [-0.2, 0) is 14.4 Å². The summed E-state index contributed by atoms with van der Waals surface area (Å²) in [6.45, 7) is 19.3. The molecule has 0 spiro atoms. The molecule has 0 heterocycles. The van der Waals surface area contributed by atoms with Crippen LogP contribution < -0.4 is 4.72 Å². The number of nitrogens with one attached hydrogen (secondary N) is 1. The highest BCUT2D eigenvalue weighted by Crippen LogP contribution is 2.37. The van der Waals surface area contributed by atoms with Gasteiger partial charge in [0.05, 0.1) is 11.5 Å². The van der Waals surface area contributed by atoms with E-state index in [9.17, 15) is 8.42 Å². The van der Waals surface area contributed by atoms with E-state index >= 15 is 0 Å². The quantitative estimate of drug-likeness (QED) is 0.722. The summed E-state index contributed by atoms with van der Waals surface area (Å²) in [6, 6.07) is 6.62. The van der Waals surface area contributed by atoms with E-state index in [1.807, 2.05) is 39.8 Å². The number of sulfonamides is 1. The van der Waals surface area contributed by atoms with Gasteiger partial charge in [0.25, 0.3) is 0 Å². The predicted octanol–water partition coefficient (Wildman–Crippen LogP) is 4.71. The molecule has 0 aliphatic carbocycles. The average Bonchev–Trinajstić information content (AvgIpc) is 2.41. The number of aryl methyl sites for hydroxylation is 1. The van der Waals surface area contributed by atoms with Crippen LogP contribution in [0.5, 0.6) is 0 Å². The molecule has 0 unspecified atom stereocenters. The molecule has 144 valence electrons. The van der Waals surface area contributed by atoms with E-state index in [0.29, 0.717) is 11.5 Å². The summed E-state index contributed by atoms with van der Waals surface area (Å²) in [5.41, 5.74) is 0.785. The maximum Gasteiger partial charge on any atom is 0.240 e. The number of rotatable bonds is 6. The Kier molecular flexibility index (Phi) is 6.71. The van der Waals surface area contributed by atoms with E-state index in [1.165, 1.54) is 0 Å². The van der Waals surface area contributed by atoms with Crippen LogP contribution in [-0.4, -0.2) is 29.4 Å². The summed E-state index contributed by atoms with van der Waals surface area (Å²) in [6.07, 6.45) is 0. The van der Waals surface area contributed by atoms with E-state index in [4.69, 9.17) is 4.43 Å². The Hall–Kier alpha value is -0.693. The molecule has 0 radical (unpaired) electrons. The highest BCUT2D eigenvalue weighted by atomic mass is 32.2. The summed E-state index contributed by atoms with van der Waals surface area (Å²) in [4.78, 5) is 0.291. The van der Waals surface area contributed by atoms with Crippen molar-refractivity contribution in [2.75, 3.05) is 6.61 Å². The van der Waals surface area contributed by atoms with Crippen LogP contribution in [0, 0.1) is 12.3 Å². The lowest BCUT2D eigenvalue weighted by Crippen LogP contribution is -2.50. The Morgan fingerprint density at radius 3 is 1.92 bits per heavy atom. The maximum absolute atomic E-state index is 12.8. The first-order valence-electron chi connectivity index (χ1n) is 8.79. The van der Waals surface area contributed by atoms with Crippen molar-refractivity contribution in [3.05, 3.63) is 29.8 Å². The molecule has 1 atom stereocenters. The Morgan fingerprint density at radius 2 is 1.52 bits per heavy atom. The van der Waals surface area contributed by atoms with Gasteiger partial charge in [0, 0.05) is 6.04 Å². The fourth-order valence-electron chi connectivity index (χ4n) is 1.94. The van der Waals surface area contributed by atoms with Crippen molar-refractivity contribution in [3.63, 3.8) is 0 Å². The molecule has 0 aliphatic rings. The van der Waals surface area contributed by atoms with Gasteiger partial charge in [-0.15, -0.1) is 0 Å². The smallest absolute Gasteiger partial charge is 0.240 e. The highest BCUT2D eigenvalue weighted by molar-refractivity contribution is 7.89. The number of benzene rings is 1. The second kappa shape index (κ2) is 7.51. The SMILES string of the molecule is Cc1ccc(S(=O)(=O)N[C@H](CO[Si](C)(C)C(C)(C)C)C(C)(C)C)cc1. The van der Waals surface area contributed by atoms with Gasteiger partial charge in [-0.2, -0.15) is 0 Å².